The van der Waals surface area contributed by atoms with Gasteiger partial charge in [0.05, 0.1) is 11.3 Å². The van der Waals surface area contributed by atoms with Crippen LogP contribution >= 0.6 is 11.3 Å². The number of phenolic OH excluding ortho intramolecular Hbond substituents is 1. The minimum Gasteiger partial charge on any atom is -0.509 e. The second kappa shape index (κ2) is 6.90. The second-order valence-corrected chi connectivity index (χ2v) is 7.54. The smallest absolute Gasteiger partial charge is 0.190 e. The molecule has 132 valence electrons. The lowest BCUT2D eigenvalue weighted by atomic mass is 10.1. The summed E-state index contributed by atoms with van der Waals surface area (Å²) in [4.78, 5) is 5.67. The summed E-state index contributed by atoms with van der Waals surface area (Å²) in [5.41, 5.74) is 1.65. The van der Waals surface area contributed by atoms with Gasteiger partial charge in [0.25, 0.3) is 0 Å². The van der Waals surface area contributed by atoms with Crippen LogP contribution < -0.4 is 5.32 Å². The number of phenols is 1. The van der Waals surface area contributed by atoms with Crippen LogP contribution in [0.3, 0.4) is 0 Å². The largest absolute Gasteiger partial charge is 0.509 e. The molecule has 3 aromatic rings. The molecule has 1 aliphatic rings. The summed E-state index contributed by atoms with van der Waals surface area (Å²) in [6.45, 7) is 9.19. The van der Waals surface area contributed by atoms with Gasteiger partial charge >= 0.3 is 0 Å². The number of piperidine rings is 1. The minimum atomic E-state index is 0.0529. The van der Waals surface area contributed by atoms with Crippen LogP contribution in [0.25, 0.3) is 26.2 Å². The fraction of sp³-hybridized carbons (Fsp3) is 0.316. The molecular formula is C19H19N5OS. The predicted octanol–water partition coefficient (Wildman–Crippen LogP) is 4.12. The summed E-state index contributed by atoms with van der Waals surface area (Å²) in [5, 5.41) is 25.7. The molecule has 1 saturated heterocycles. The molecule has 6 nitrogen and oxygen atoms in total. The van der Waals surface area contributed by atoms with Gasteiger partial charge in [-0.3, -0.25) is 0 Å². The summed E-state index contributed by atoms with van der Waals surface area (Å²) in [5.74, 6) is 0.847. The molecule has 26 heavy (non-hydrogen) atoms. The molecule has 0 amide bonds. The van der Waals surface area contributed by atoms with Crippen molar-refractivity contribution < 1.29 is 5.11 Å². The lowest BCUT2D eigenvalue weighted by molar-refractivity contribution is 0.261. The SMILES string of the molecule is [C-]#[N+]c1ccc(-c2nnc(N[C@@H]3CCCN(C)C3)c3ccsc23)c(O)c1. The number of aromatic nitrogens is 2. The number of hydrogen-bond donors (Lipinski definition) is 2. The molecule has 7 heteroatoms. The van der Waals surface area contributed by atoms with Crippen molar-refractivity contribution in [3.63, 3.8) is 0 Å². The molecule has 0 aliphatic carbocycles. The zero-order valence-electron chi connectivity index (χ0n) is 14.4. The second-order valence-electron chi connectivity index (χ2n) is 6.62. The monoisotopic (exact) mass is 365 g/mol. The number of likely N-dealkylation sites (N-methyl/N-ethyl adjacent to an activating group) is 1. The maximum Gasteiger partial charge on any atom is 0.190 e. The molecule has 0 radical (unpaired) electrons. The van der Waals surface area contributed by atoms with Crippen LogP contribution in [-0.4, -0.2) is 46.4 Å². The van der Waals surface area contributed by atoms with Gasteiger partial charge in [-0.2, -0.15) is 0 Å². The van der Waals surface area contributed by atoms with E-state index in [1.54, 1.807) is 23.5 Å². The van der Waals surface area contributed by atoms with E-state index in [9.17, 15) is 5.11 Å². The Bertz CT molecular complexity index is 993. The number of nitrogens with one attached hydrogen (secondary N) is 1. The molecular weight excluding hydrogens is 346 g/mol. The van der Waals surface area contributed by atoms with E-state index in [-0.39, 0.29) is 5.75 Å². The van der Waals surface area contributed by atoms with E-state index in [1.807, 2.05) is 11.4 Å². The van der Waals surface area contributed by atoms with E-state index in [0.29, 0.717) is 23.0 Å². The first-order valence-corrected chi connectivity index (χ1v) is 9.43. The average molecular weight is 365 g/mol. The van der Waals surface area contributed by atoms with E-state index in [2.05, 4.69) is 32.3 Å². The molecule has 1 fully saturated rings. The summed E-state index contributed by atoms with van der Waals surface area (Å²) in [6, 6.07) is 7.29. The van der Waals surface area contributed by atoms with Crippen LogP contribution in [0.5, 0.6) is 5.75 Å². The molecule has 3 heterocycles. The van der Waals surface area contributed by atoms with Gasteiger partial charge in [0.1, 0.15) is 11.4 Å². The van der Waals surface area contributed by atoms with Gasteiger partial charge in [-0.05, 0) is 43.9 Å². The Hall–Kier alpha value is -2.69. The number of anilines is 1. The summed E-state index contributed by atoms with van der Waals surface area (Å²) in [7, 11) is 2.14. The van der Waals surface area contributed by atoms with E-state index in [4.69, 9.17) is 6.57 Å². The van der Waals surface area contributed by atoms with Crippen LogP contribution in [0.4, 0.5) is 11.5 Å². The topological polar surface area (TPSA) is 65.6 Å². The molecule has 0 bridgehead atoms. The van der Waals surface area contributed by atoms with Gasteiger partial charge in [-0.1, -0.05) is 12.1 Å². The van der Waals surface area contributed by atoms with Crippen molar-refractivity contribution in [3.8, 4) is 17.0 Å². The number of fused-ring (bicyclic) bond motifs is 1. The standard InChI is InChI=1S/C19H19N5OS/c1-20-12-5-6-14(16(25)10-12)17-18-15(7-9-26-18)19(23-22-17)21-13-4-3-8-24(2)11-13/h5-7,9-10,13,25H,3-4,8,11H2,2H3,(H,21,23)/t13-/m1/s1. The van der Waals surface area contributed by atoms with Crippen LogP contribution in [0.1, 0.15) is 12.8 Å². The number of hydrogen-bond acceptors (Lipinski definition) is 6. The number of nitrogens with zero attached hydrogens (tertiary/aromatic N) is 4. The normalized spacial score (nSPS) is 17.9. The quantitative estimate of drug-likeness (QED) is 0.684. The number of aromatic hydroxyl groups is 1. The Balaban J connectivity index is 1.71. The third kappa shape index (κ3) is 3.09. The van der Waals surface area contributed by atoms with E-state index in [0.717, 1.165) is 35.4 Å². The van der Waals surface area contributed by atoms with Crippen molar-refractivity contribution in [3.05, 3.63) is 41.1 Å². The first-order chi connectivity index (χ1) is 12.7. The van der Waals surface area contributed by atoms with Crippen molar-refractivity contribution in [2.24, 2.45) is 0 Å². The molecule has 2 N–H and O–H groups in total. The molecule has 1 aromatic carbocycles. The first kappa shape index (κ1) is 16.8. The number of benzene rings is 1. The molecule has 1 aliphatic heterocycles. The molecule has 0 unspecified atom stereocenters. The number of rotatable bonds is 3. The molecule has 2 aromatic heterocycles. The highest BCUT2D eigenvalue weighted by Gasteiger charge is 2.20. The molecule has 4 rings (SSSR count). The van der Waals surface area contributed by atoms with Gasteiger partial charge in [0, 0.05) is 23.5 Å². The number of thiophene rings is 1. The maximum absolute atomic E-state index is 10.3. The Morgan fingerprint density at radius 3 is 3.00 bits per heavy atom. The number of likely N-dealkylation sites (tertiary alicyclic amines) is 1. The van der Waals surface area contributed by atoms with Crippen LogP contribution in [-0.2, 0) is 0 Å². The van der Waals surface area contributed by atoms with Crippen molar-refractivity contribution in [2.75, 3.05) is 25.5 Å². The van der Waals surface area contributed by atoms with E-state index in [1.165, 1.54) is 12.5 Å². The highest BCUT2D eigenvalue weighted by molar-refractivity contribution is 7.17. The molecule has 0 spiro atoms. The Kier molecular flexibility index (Phi) is 4.45. The molecule has 1 atom stereocenters. The predicted molar refractivity (Wildman–Crippen MR) is 105 cm³/mol. The fourth-order valence-electron chi connectivity index (χ4n) is 3.43. The lowest BCUT2D eigenvalue weighted by Crippen LogP contribution is -2.39. The zero-order valence-corrected chi connectivity index (χ0v) is 15.3. The fourth-order valence-corrected chi connectivity index (χ4v) is 4.32. The van der Waals surface area contributed by atoms with Crippen molar-refractivity contribution in [1.29, 1.82) is 0 Å². The molecule has 0 saturated carbocycles. The van der Waals surface area contributed by atoms with Crippen LogP contribution in [0.15, 0.2) is 29.6 Å². The highest BCUT2D eigenvalue weighted by atomic mass is 32.1. The van der Waals surface area contributed by atoms with Crippen LogP contribution in [0, 0.1) is 6.57 Å². The first-order valence-electron chi connectivity index (χ1n) is 8.55. The van der Waals surface area contributed by atoms with Gasteiger partial charge in [-0.15, -0.1) is 21.5 Å². The van der Waals surface area contributed by atoms with Gasteiger partial charge in [0.2, 0.25) is 0 Å². The Morgan fingerprint density at radius 1 is 1.35 bits per heavy atom. The highest BCUT2D eigenvalue weighted by Crippen LogP contribution is 2.39. The zero-order chi connectivity index (χ0) is 18.1. The van der Waals surface area contributed by atoms with E-state index < -0.39 is 0 Å². The minimum absolute atomic E-state index is 0.0529. The third-order valence-electron chi connectivity index (χ3n) is 4.72. The summed E-state index contributed by atoms with van der Waals surface area (Å²) >= 11 is 1.58. The van der Waals surface area contributed by atoms with Crippen molar-refractivity contribution in [2.45, 2.75) is 18.9 Å². The van der Waals surface area contributed by atoms with Crippen molar-refractivity contribution in [1.82, 2.24) is 15.1 Å². The third-order valence-corrected chi connectivity index (χ3v) is 5.64. The van der Waals surface area contributed by atoms with Crippen molar-refractivity contribution >= 4 is 32.9 Å². The van der Waals surface area contributed by atoms with Gasteiger partial charge in [-0.25, -0.2) is 4.85 Å². The lowest BCUT2D eigenvalue weighted by Gasteiger charge is -2.30. The van der Waals surface area contributed by atoms with Crippen LogP contribution in [0.2, 0.25) is 0 Å². The Morgan fingerprint density at radius 2 is 2.23 bits per heavy atom. The van der Waals surface area contributed by atoms with E-state index >= 15 is 0 Å². The summed E-state index contributed by atoms with van der Waals surface area (Å²) < 4.78 is 0.984. The maximum atomic E-state index is 10.3. The van der Waals surface area contributed by atoms with Gasteiger partial charge < -0.3 is 15.3 Å². The summed E-state index contributed by atoms with van der Waals surface area (Å²) in [6.07, 6.45) is 2.30. The average Bonchev–Trinajstić information content (AvgIpc) is 3.13. The van der Waals surface area contributed by atoms with Gasteiger partial charge in [0.15, 0.2) is 11.5 Å². The Labute approximate surface area is 155 Å².